The summed E-state index contributed by atoms with van der Waals surface area (Å²) in [6.45, 7) is 4.09. The molecule has 0 fully saturated rings. The van der Waals surface area contributed by atoms with Crippen molar-refractivity contribution in [2.45, 2.75) is 26.4 Å². The van der Waals surface area contributed by atoms with Crippen LogP contribution in [-0.4, -0.2) is 27.0 Å². The maximum absolute atomic E-state index is 12.6. The Hall–Kier alpha value is -3.67. The van der Waals surface area contributed by atoms with Crippen LogP contribution in [0.2, 0.25) is 0 Å². The number of hydrogen-bond donors (Lipinski definition) is 1. The molecule has 1 heterocycles. The molecule has 29 heavy (non-hydrogen) atoms. The lowest BCUT2D eigenvalue weighted by Gasteiger charge is -2.12. The van der Waals surface area contributed by atoms with Crippen molar-refractivity contribution in [3.8, 4) is 11.4 Å². The van der Waals surface area contributed by atoms with E-state index in [2.05, 4.69) is 22.4 Å². The zero-order valence-electron chi connectivity index (χ0n) is 16.4. The molecule has 0 aliphatic carbocycles. The van der Waals surface area contributed by atoms with Crippen molar-refractivity contribution in [2.24, 2.45) is 0 Å². The highest BCUT2D eigenvalue weighted by Gasteiger charge is 2.10. The summed E-state index contributed by atoms with van der Waals surface area (Å²) < 4.78 is 5.75. The summed E-state index contributed by atoms with van der Waals surface area (Å²) in [7, 11) is 0. The van der Waals surface area contributed by atoms with Crippen molar-refractivity contribution in [3.05, 3.63) is 78.4 Å². The number of nitrogens with zero attached hydrogens (tertiary/aromatic N) is 3. The van der Waals surface area contributed by atoms with Gasteiger partial charge in [0.1, 0.15) is 16.8 Å². The molecular weight excluding hydrogens is 364 g/mol. The van der Waals surface area contributed by atoms with Gasteiger partial charge in [-0.05, 0) is 67.9 Å². The van der Waals surface area contributed by atoms with Crippen LogP contribution in [0.5, 0.6) is 5.75 Å². The minimum Gasteiger partial charge on any atom is -0.491 e. The third-order valence-electron chi connectivity index (χ3n) is 4.65. The van der Waals surface area contributed by atoms with Crippen molar-refractivity contribution in [2.75, 3.05) is 5.32 Å². The first-order chi connectivity index (χ1) is 14.1. The van der Waals surface area contributed by atoms with Crippen LogP contribution in [0.3, 0.4) is 0 Å². The van der Waals surface area contributed by atoms with Gasteiger partial charge in [-0.25, -0.2) is 0 Å². The third kappa shape index (κ3) is 4.27. The van der Waals surface area contributed by atoms with E-state index in [0.29, 0.717) is 16.8 Å². The van der Waals surface area contributed by atoms with E-state index in [1.54, 1.807) is 16.9 Å². The lowest BCUT2D eigenvalue weighted by atomic mass is 10.2. The minimum absolute atomic E-state index is 0.144. The number of fused-ring (bicyclic) bond motifs is 1. The summed E-state index contributed by atoms with van der Waals surface area (Å²) in [4.78, 5) is 14.2. The van der Waals surface area contributed by atoms with Crippen LogP contribution in [0.15, 0.2) is 72.8 Å². The lowest BCUT2D eigenvalue weighted by Crippen LogP contribution is -2.12. The predicted molar refractivity (Wildman–Crippen MR) is 114 cm³/mol. The third-order valence-corrected chi connectivity index (χ3v) is 4.65. The number of carbonyl (C=O) groups is 1. The molecule has 4 aromatic rings. The van der Waals surface area contributed by atoms with Crippen LogP contribution in [0.25, 0.3) is 16.7 Å². The Kier molecular flexibility index (Phi) is 5.24. The molecule has 0 bridgehead atoms. The molecule has 0 saturated heterocycles. The largest absolute Gasteiger partial charge is 0.491 e. The van der Waals surface area contributed by atoms with Gasteiger partial charge in [-0.3, -0.25) is 4.79 Å². The second-order valence-corrected chi connectivity index (χ2v) is 6.84. The van der Waals surface area contributed by atoms with Crippen LogP contribution in [0.1, 0.15) is 30.6 Å². The molecule has 6 heteroatoms. The van der Waals surface area contributed by atoms with Crippen LogP contribution >= 0.6 is 0 Å². The molecule has 1 aromatic heterocycles. The number of hydrogen-bond acceptors (Lipinski definition) is 4. The van der Waals surface area contributed by atoms with Crippen molar-refractivity contribution < 1.29 is 9.53 Å². The number of rotatable bonds is 6. The summed E-state index contributed by atoms with van der Waals surface area (Å²) in [6.07, 6.45) is 1.07. The van der Waals surface area contributed by atoms with Crippen LogP contribution in [-0.2, 0) is 0 Å². The molecular formula is C23H22N4O2. The number of para-hydroxylation sites is 1. The number of benzene rings is 3. The summed E-state index contributed by atoms with van der Waals surface area (Å²) in [5.74, 6) is 0.574. The van der Waals surface area contributed by atoms with Crippen molar-refractivity contribution in [1.82, 2.24) is 15.0 Å². The first-order valence-corrected chi connectivity index (χ1v) is 9.63. The van der Waals surface area contributed by atoms with E-state index in [0.717, 1.165) is 23.4 Å². The van der Waals surface area contributed by atoms with Gasteiger partial charge in [-0.15, -0.1) is 10.2 Å². The van der Waals surface area contributed by atoms with Crippen LogP contribution in [0.4, 0.5) is 5.69 Å². The molecule has 0 saturated carbocycles. The molecule has 146 valence electrons. The van der Waals surface area contributed by atoms with Crippen LogP contribution < -0.4 is 10.1 Å². The Morgan fingerprint density at radius 3 is 2.45 bits per heavy atom. The summed E-state index contributed by atoms with van der Waals surface area (Å²) in [5, 5.41) is 11.9. The molecule has 0 radical (unpaired) electrons. The second-order valence-electron chi connectivity index (χ2n) is 6.84. The van der Waals surface area contributed by atoms with E-state index in [9.17, 15) is 4.79 Å². The van der Waals surface area contributed by atoms with E-state index in [1.807, 2.05) is 67.6 Å². The average molecular weight is 386 g/mol. The Morgan fingerprint density at radius 1 is 1.00 bits per heavy atom. The molecule has 1 unspecified atom stereocenters. The standard InChI is InChI=1S/C23H22N4O2/c1-3-16(2)29-20-12-9-17(10-13-20)23(28)24-18-11-14-21-22(15-18)26-27(25-21)19-7-5-4-6-8-19/h4-16H,3H2,1-2H3,(H,24,28). The molecule has 6 nitrogen and oxygen atoms in total. The van der Waals surface area contributed by atoms with Crippen LogP contribution in [0, 0.1) is 0 Å². The van der Waals surface area contributed by atoms with Gasteiger partial charge in [0, 0.05) is 11.3 Å². The number of ether oxygens (including phenoxy) is 1. The van der Waals surface area contributed by atoms with Gasteiger partial charge in [-0.1, -0.05) is 25.1 Å². The quantitative estimate of drug-likeness (QED) is 0.514. The highest BCUT2D eigenvalue weighted by molar-refractivity contribution is 6.05. The Balaban J connectivity index is 1.49. The van der Waals surface area contributed by atoms with Crippen molar-refractivity contribution in [1.29, 1.82) is 0 Å². The summed E-state index contributed by atoms with van der Waals surface area (Å²) >= 11 is 0. The Labute approximate surface area is 169 Å². The fourth-order valence-corrected chi connectivity index (χ4v) is 2.87. The fourth-order valence-electron chi connectivity index (χ4n) is 2.87. The fraction of sp³-hybridized carbons (Fsp3) is 0.174. The molecule has 1 N–H and O–H groups in total. The van der Waals surface area contributed by atoms with E-state index < -0.39 is 0 Å². The number of carbonyl (C=O) groups excluding carboxylic acids is 1. The number of anilines is 1. The van der Waals surface area contributed by atoms with E-state index >= 15 is 0 Å². The van der Waals surface area contributed by atoms with Gasteiger partial charge in [0.25, 0.3) is 5.91 Å². The number of nitrogens with one attached hydrogen (secondary N) is 1. The van der Waals surface area contributed by atoms with E-state index in [-0.39, 0.29) is 12.0 Å². The molecule has 4 rings (SSSR count). The summed E-state index contributed by atoms with van der Waals surface area (Å²) in [5.41, 5.74) is 3.59. The smallest absolute Gasteiger partial charge is 0.255 e. The lowest BCUT2D eigenvalue weighted by molar-refractivity contribution is 0.102. The number of aromatic nitrogens is 3. The van der Waals surface area contributed by atoms with Gasteiger partial charge in [0.15, 0.2) is 0 Å². The molecule has 0 spiro atoms. The van der Waals surface area contributed by atoms with Gasteiger partial charge < -0.3 is 10.1 Å². The maximum atomic E-state index is 12.6. The molecule has 1 atom stereocenters. The van der Waals surface area contributed by atoms with Gasteiger partial charge >= 0.3 is 0 Å². The minimum atomic E-state index is -0.185. The molecule has 1 amide bonds. The maximum Gasteiger partial charge on any atom is 0.255 e. The first kappa shape index (κ1) is 18.7. The molecule has 0 aliphatic heterocycles. The number of amides is 1. The van der Waals surface area contributed by atoms with E-state index in [1.165, 1.54) is 0 Å². The normalized spacial score (nSPS) is 11.9. The van der Waals surface area contributed by atoms with Gasteiger partial charge in [0.2, 0.25) is 0 Å². The van der Waals surface area contributed by atoms with E-state index in [4.69, 9.17) is 4.74 Å². The second kappa shape index (κ2) is 8.14. The monoisotopic (exact) mass is 386 g/mol. The Bertz CT molecular complexity index is 1120. The highest BCUT2D eigenvalue weighted by Crippen LogP contribution is 2.19. The average Bonchev–Trinajstić information content (AvgIpc) is 3.18. The highest BCUT2D eigenvalue weighted by atomic mass is 16.5. The first-order valence-electron chi connectivity index (χ1n) is 9.63. The molecule has 3 aromatic carbocycles. The molecule has 0 aliphatic rings. The topological polar surface area (TPSA) is 69.0 Å². The van der Waals surface area contributed by atoms with Crippen molar-refractivity contribution in [3.63, 3.8) is 0 Å². The van der Waals surface area contributed by atoms with Gasteiger partial charge in [0.05, 0.1) is 11.8 Å². The summed E-state index contributed by atoms with van der Waals surface area (Å²) in [6, 6.07) is 22.4. The zero-order chi connectivity index (χ0) is 20.2. The SMILES string of the molecule is CCC(C)Oc1ccc(C(=O)Nc2ccc3nn(-c4ccccc4)nc3c2)cc1. The van der Waals surface area contributed by atoms with Gasteiger partial charge in [-0.2, -0.15) is 4.80 Å². The Morgan fingerprint density at radius 2 is 1.72 bits per heavy atom. The predicted octanol–water partition coefficient (Wildman–Crippen LogP) is 4.85. The zero-order valence-corrected chi connectivity index (χ0v) is 16.4. The van der Waals surface area contributed by atoms with Crippen molar-refractivity contribution >= 4 is 22.6 Å².